The number of nitro benzene ring substituents is 1. The van der Waals surface area contributed by atoms with E-state index in [0.717, 1.165) is 12.1 Å². The molecule has 2 aromatic carbocycles. The van der Waals surface area contributed by atoms with Crippen molar-refractivity contribution in [1.82, 2.24) is 0 Å². The van der Waals surface area contributed by atoms with Crippen molar-refractivity contribution < 1.29 is 42.5 Å². The molecule has 0 saturated carbocycles. The number of methoxy groups -OCH3 is 2. The smallest absolute Gasteiger partial charge is 0.416 e. The van der Waals surface area contributed by atoms with E-state index in [-0.39, 0.29) is 22.7 Å². The maximum Gasteiger partial charge on any atom is 0.416 e. The average Bonchev–Trinajstić information content (AvgIpc) is 2.72. The van der Waals surface area contributed by atoms with E-state index in [1.165, 1.54) is 33.3 Å². The van der Waals surface area contributed by atoms with Gasteiger partial charge >= 0.3 is 6.18 Å². The Balaban J connectivity index is 2.14. The third-order valence-corrected chi connectivity index (χ3v) is 5.30. The Morgan fingerprint density at radius 2 is 1.88 bits per heavy atom. The third kappa shape index (κ3) is 4.16. The van der Waals surface area contributed by atoms with Crippen LogP contribution in [0.15, 0.2) is 36.4 Å². The molecule has 0 aromatic heterocycles. The van der Waals surface area contributed by atoms with Crippen LogP contribution in [0.4, 0.5) is 24.5 Å². The van der Waals surface area contributed by atoms with Crippen LogP contribution in [0.1, 0.15) is 24.1 Å². The molecule has 0 saturated heterocycles. The van der Waals surface area contributed by atoms with Gasteiger partial charge in [0, 0.05) is 31.9 Å². The zero-order chi connectivity index (χ0) is 23.8. The first-order valence-corrected chi connectivity index (χ1v) is 9.30. The Morgan fingerprint density at radius 3 is 2.44 bits per heavy atom. The van der Waals surface area contributed by atoms with Crippen molar-refractivity contribution in [1.29, 1.82) is 0 Å². The summed E-state index contributed by atoms with van der Waals surface area (Å²) in [5.74, 6) is -0.396. The lowest BCUT2D eigenvalue weighted by Gasteiger charge is -2.46. The number of aromatic hydroxyl groups is 1. The standard InChI is InChI=1S/C20H21F3N2O7/c1-19(18(30-2)31-3)17(27)16(12-9-11(25(28)29)5-7-15(12)32-19)24-13-8-10(20(21,22)23)4-6-14(13)26/h4-9,16-18,24,26-27H,1-3H3/t16-,17+,19+/m0/s1. The number of halogens is 3. The van der Waals surface area contributed by atoms with E-state index in [2.05, 4.69) is 5.32 Å². The number of alkyl halides is 3. The number of hydrogen-bond donors (Lipinski definition) is 3. The van der Waals surface area contributed by atoms with Gasteiger partial charge in [0.1, 0.15) is 17.6 Å². The minimum Gasteiger partial charge on any atom is -0.506 e. The van der Waals surface area contributed by atoms with Crippen LogP contribution in [0.25, 0.3) is 0 Å². The number of aliphatic hydroxyl groups is 1. The van der Waals surface area contributed by atoms with Crippen molar-refractivity contribution in [3.05, 3.63) is 57.6 Å². The summed E-state index contributed by atoms with van der Waals surface area (Å²) in [7, 11) is 2.61. The first-order valence-electron chi connectivity index (χ1n) is 9.30. The first kappa shape index (κ1) is 23.6. The summed E-state index contributed by atoms with van der Waals surface area (Å²) >= 11 is 0. The highest BCUT2D eigenvalue weighted by Gasteiger charge is 2.52. The number of rotatable bonds is 6. The quantitative estimate of drug-likeness (QED) is 0.260. The van der Waals surface area contributed by atoms with Crippen LogP contribution in [0.5, 0.6) is 11.5 Å². The van der Waals surface area contributed by atoms with Gasteiger partial charge in [-0.1, -0.05) is 0 Å². The predicted octanol–water partition coefficient (Wildman–Crippen LogP) is 3.60. The van der Waals surface area contributed by atoms with Crippen LogP contribution in [-0.2, 0) is 15.7 Å². The zero-order valence-corrected chi connectivity index (χ0v) is 17.2. The number of nitro groups is 1. The Morgan fingerprint density at radius 1 is 1.22 bits per heavy atom. The topological polar surface area (TPSA) is 123 Å². The molecule has 3 rings (SSSR count). The summed E-state index contributed by atoms with van der Waals surface area (Å²) in [5.41, 5.74) is -3.16. The second-order valence-electron chi connectivity index (χ2n) is 7.37. The van der Waals surface area contributed by atoms with Crippen LogP contribution in [0, 0.1) is 10.1 Å². The van der Waals surface area contributed by atoms with Crippen LogP contribution >= 0.6 is 0 Å². The number of phenols is 1. The maximum atomic E-state index is 13.2. The fourth-order valence-corrected chi connectivity index (χ4v) is 3.69. The van der Waals surface area contributed by atoms with E-state index in [1.807, 2.05) is 0 Å². The van der Waals surface area contributed by atoms with Gasteiger partial charge < -0.3 is 29.7 Å². The van der Waals surface area contributed by atoms with Gasteiger partial charge in [-0.2, -0.15) is 13.2 Å². The van der Waals surface area contributed by atoms with Crippen LogP contribution in [0.3, 0.4) is 0 Å². The molecule has 0 spiro atoms. The van der Waals surface area contributed by atoms with Crippen molar-refractivity contribution in [2.24, 2.45) is 0 Å². The molecule has 2 aromatic rings. The second-order valence-corrected chi connectivity index (χ2v) is 7.37. The fraction of sp³-hybridized carbons (Fsp3) is 0.400. The molecule has 3 N–H and O–H groups in total. The molecule has 0 unspecified atom stereocenters. The number of non-ortho nitro benzene ring substituents is 1. The number of benzene rings is 2. The number of phenolic OH excluding ortho intramolecular Hbond substituents is 1. The highest BCUT2D eigenvalue weighted by Crippen LogP contribution is 2.46. The van der Waals surface area contributed by atoms with Gasteiger partial charge in [0.25, 0.3) is 5.69 Å². The Labute approximate surface area is 180 Å². The predicted molar refractivity (Wildman–Crippen MR) is 105 cm³/mol. The highest BCUT2D eigenvalue weighted by molar-refractivity contribution is 5.61. The molecule has 0 radical (unpaired) electrons. The lowest BCUT2D eigenvalue weighted by Crippen LogP contribution is -2.60. The van der Waals surface area contributed by atoms with E-state index >= 15 is 0 Å². The summed E-state index contributed by atoms with van der Waals surface area (Å²) < 4.78 is 55.9. The van der Waals surface area contributed by atoms with Crippen LogP contribution in [-0.4, -0.2) is 47.4 Å². The SMILES string of the molecule is COC(OC)[C@]1(C)Oc2ccc([N+](=O)[O-])cc2[C@H](Nc2cc(C(F)(F)F)ccc2O)[C@H]1O. The van der Waals surface area contributed by atoms with Crippen molar-refractivity contribution in [3.8, 4) is 11.5 Å². The van der Waals surface area contributed by atoms with Crippen molar-refractivity contribution in [2.75, 3.05) is 19.5 Å². The van der Waals surface area contributed by atoms with E-state index in [1.54, 1.807) is 0 Å². The average molecular weight is 458 g/mol. The molecular formula is C20H21F3N2O7. The highest BCUT2D eigenvalue weighted by atomic mass is 19.4. The van der Waals surface area contributed by atoms with E-state index in [4.69, 9.17) is 14.2 Å². The normalized spacial score (nSPS) is 22.9. The van der Waals surface area contributed by atoms with Crippen molar-refractivity contribution in [3.63, 3.8) is 0 Å². The number of ether oxygens (including phenoxy) is 3. The first-order chi connectivity index (χ1) is 14.9. The molecule has 0 fully saturated rings. The van der Waals surface area contributed by atoms with Gasteiger partial charge in [0.15, 0.2) is 11.9 Å². The molecular weight excluding hydrogens is 437 g/mol. The Bertz CT molecular complexity index is 1010. The molecule has 0 amide bonds. The van der Waals surface area contributed by atoms with E-state index < -0.39 is 46.4 Å². The summed E-state index contributed by atoms with van der Waals surface area (Å²) in [6.45, 7) is 1.46. The van der Waals surface area contributed by atoms with Crippen molar-refractivity contribution in [2.45, 2.75) is 37.1 Å². The number of fused-ring (bicyclic) bond motifs is 1. The summed E-state index contributed by atoms with van der Waals surface area (Å²) in [5, 5.41) is 35.2. The molecule has 9 nitrogen and oxygen atoms in total. The number of nitrogens with one attached hydrogen (secondary N) is 1. The summed E-state index contributed by atoms with van der Waals surface area (Å²) in [4.78, 5) is 10.6. The fourth-order valence-electron chi connectivity index (χ4n) is 3.69. The lowest BCUT2D eigenvalue weighted by atomic mass is 9.84. The molecule has 1 heterocycles. The van der Waals surface area contributed by atoms with Gasteiger partial charge in [0.2, 0.25) is 0 Å². The molecule has 32 heavy (non-hydrogen) atoms. The summed E-state index contributed by atoms with van der Waals surface area (Å²) in [6, 6.07) is 4.63. The van der Waals surface area contributed by atoms with Gasteiger partial charge in [-0.15, -0.1) is 0 Å². The van der Waals surface area contributed by atoms with Gasteiger partial charge in [-0.25, -0.2) is 0 Å². The van der Waals surface area contributed by atoms with Crippen LogP contribution < -0.4 is 10.1 Å². The number of anilines is 1. The maximum absolute atomic E-state index is 13.2. The molecule has 174 valence electrons. The monoisotopic (exact) mass is 458 g/mol. The molecule has 12 heteroatoms. The molecule has 0 bridgehead atoms. The van der Waals surface area contributed by atoms with Gasteiger partial charge in [0.05, 0.1) is 22.2 Å². The van der Waals surface area contributed by atoms with E-state index in [9.17, 15) is 33.5 Å². The molecule has 3 atom stereocenters. The minimum absolute atomic E-state index is 0.104. The molecule has 1 aliphatic heterocycles. The van der Waals surface area contributed by atoms with Crippen LogP contribution in [0.2, 0.25) is 0 Å². The second kappa shape index (κ2) is 8.45. The third-order valence-electron chi connectivity index (χ3n) is 5.30. The largest absolute Gasteiger partial charge is 0.506 e. The number of hydrogen-bond acceptors (Lipinski definition) is 8. The molecule has 0 aliphatic carbocycles. The summed E-state index contributed by atoms with van der Waals surface area (Å²) in [6.07, 6.45) is -7.32. The molecule has 1 aliphatic rings. The number of aliphatic hydroxyl groups excluding tert-OH is 1. The zero-order valence-electron chi connectivity index (χ0n) is 17.2. The number of nitrogens with zero attached hydrogens (tertiary/aromatic N) is 1. The van der Waals surface area contributed by atoms with Gasteiger partial charge in [-0.3, -0.25) is 10.1 Å². The minimum atomic E-state index is -4.68. The van der Waals surface area contributed by atoms with E-state index in [0.29, 0.717) is 12.1 Å². The van der Waals surface area contributed by atoms with Gasteiger partial charge in [-0.05, 0) is 31.2 Å². The Kier molecular flexibility index (Phi) is 6.22. The Hall–Kier alpha value is -3.09. The lowest BCUT2D eigenvalue weighted by molar-refractivity contribution is -0.385. The van der Waals surface area contributed by atoms with Crippen molar-refractivity contribution >= 4 is 11.4 Å².